The zero-order valence-corrected chi connectivity index (χ0v) is 11.4. The van der Waals surface area contributed by atoms with Gasteiger partial charge in [-0.25, -0.2) is 0 Å². The summed E-state index contributed by atoms with van der Waals surface area (Å²) in [6.07, 6.45) is 3.41. The van der Waals surface area contributed by atoms with Gasteiger partial charge in [-0.3, -0.25) is 0 Å². The van der Waals surface area contributed by atoms with Gasteiger partial charge >= 0.3 is 0 Å². The van der Waals surface area contributed by atoms with Crippen molar-refractivity contribution in [3.63, 3.8) is 0 Å². The molecule has 3 nitrogen and oxygen atoms in total. The predicted octanol–water partition coefficient (Wildman–Crippen LogP) is 2.17. The fourth-order valence-electron chi connectivity index (χ4n) is 3.69. The van der Waals surface area contributed by atoms with Crippen LogP contribution in [0.15, 0.2) is 12.1 Å². The highest BCUT2D eigenvalue weighted by Crippen LogP contribution is 2.50. The van der Waals surface area contributed by atoms with Gasteiger partial charge in [-0.1, -0.05) is 6.42 Å². The summed E-state index contributed by atoms with van der Waals surface area (Å²) in [5, 5.41) is 20.2. The summed E-state index contributed by atoms with van der Waals surface area (Å²) in [5.74, 6) is 0.639. The van der Waals surface area contributed by atoms with Crippen molar-refractivity contribution in [2.75, 3.05) is 20.1 Å². The molecular weight excluding hydrogens is 244 g/mol. The molecule has 1 aliphatic carbocycles. The minimum absolute atomic E-state index is 0.320. The maximum Gasteiger partial charge on any atom is 0.110 e. The molecule has 96 valence electrons. The van der Waals surface area contributed by atoms with Gasteiger partial charge in [-0.2, -0.15) is 5.26 Å². The van der Waals surface area contributed by atoms with Crippen LogP contribution in [0.25, 0.3) is 0 Å². The molecule has 4 heteroatoms. The quantitative estimate of drug-likeness (QED) is 0.843. The van der Waals surface area contributed by atoms with E-state index in [0.29, 0.717) is 16.7 Å². The molecule has 1 saturated carbocycles. The van der Waals surface area contributed by atoms with Crippen LogP contribution < -0.4 is 0 Å². The molecule has 1 saturated heterocycles. The third-order valence-electron chi connectivity index (χ3n) is 4.52. The highest BCUT2D eigenvalue weighted by molar-refractivity contribution is 7.12. The molecule has 2 fully saturated rings. The first-order chi connectivity index (χ1) is 8.64. The Morgan fingerprint density at radius 3 is 2.61 bits per heavy atom. The van der Waals surface area contributed by atoms with E-state index < -0.39 is 5.60 Å². The van der Waals surface area contributed by atoms with E-state index in [1.165, 1.54) is 17.8 Å². The molecule has 0 amide bonds. The molecule has 1 N–H and O–H groups in total. The first kappa shape index (κ1) is 12.2. The van der Waals surface area contributed by atoms with E-state index in [1.807, 2.05) is 12.1 Å². The van der Waals surface area contributed by atoms with Gasteiger partial charge in [0.25, 0.3) is 0 Å². The van der Waals surface area contributed by atoms with Crippen molar-refractivity contribution in [2.45, 2.75) is 24.9 Å². The average Bonchev–Trinajstić information content (AvgIpc) is 2.80. The Kier molecular flexibility index (Phi) is 2.93. The van der Waals surface area contributed by atoms with Gasteiger partial charge in [0.15, 0.2) is 0 Å². The highest BCUT2D eigenvalue weighted by Gasteiger charge is 2.51. The van der Waals surface area contributed by atoms with Crippen LogP contribution >= 0.6 is 11.3 Å². The van der Waals surface area contributed by atoms with Gasteiger partial charge in [0.1, 0.15) is 16.5 Å². The number of aliphatic hydroxyl groups is 1. The zero-order valence-electron chi connectivity index (χ0n) is 10.6. The first-order valence-corrected chi connectivity index (χ1v) is 7.37. The van der Waals surface area contributed by atoms with Crippen molar-refractivity contribution >= 4 is 11.3 Å². The number of nitriles is 1. The van der Waals surface area contributed by atoms with Gasteiger partial charge in [0.2, 0.25) is 0 Å². The number of hydrogen-bond acceptors (Lipinski definition) is 4. The molecule has 1 aliphatic heterocycles. The largest absolute Gasteiger partial charge is 0.384 e. The van der Waals surface area contributed by atoms with Gasteiger partial charge in [-0.05, 0) is 32.0 Å². The molecule has 3 rings (SSSR count). The smallest absolute Gasteiger partial charge is 0.110 e. The van der Waals surface area contributed by atoms with Crippen LogP contribution in [0.4, 0.5) is 0 Å². The lowest BCUT2D eigenvalue weighted by atomic mass is 9.65. The molecule has 1 unspecified atom stereocenters. The highest BCUT2D eigenvalue weighted by atomic mass is 32.1. The second-order valence-corrected chi connectivity index (χ2v) is 6.73. The van der Waals surface area contributed by atoms with E-state index in [2.05, 4.69) is 18.0 Å². The number of likely N-dealkylation sites (tertiary alicyclic amines) is 1. The number of rotatable bonds is 1. The lowest BCUT2D eigenvalue weighted by molar-refractivity contribution is -0.140. The molecule has 1 aromatic heterocycles. The molecule has 0 spiro atoms. The molecule has 3 atom stereocenters. The molecule has 2 bridgehead atoms. The lowest BCUT2D eigenvalue weighted by Crippen LogP contribution is -2.56. The first-order valence-electron chi connectivity index (χ1n) is 6.56. The van der Waals surface area contributed by atoms with Crippen LogP contribution in [0.3, 0.4) is 0 Å². The third kappa shape index (κ3) is 1.70. The fraction of sp³-hybridized carbons (Fsp3) is 0.643. The summed E-state index contributed by atoms with van der Waals surface area (Å²) in [6, 6.07) is 5.97. The van der Waals surface area contributed by atoms with E-state index in [-0.39, 0.29) is 0 Å². The Morgan fingerprint density at radius 2 is 2.06 bits per heavy atom. The Hall–Kier alpha value is -0.890. The Balaban J connectivity index is 2.00. The van der Waals surface area contributed by atoms with Crippen LogP contribution in [-0.4, -0.2) is 30.1 Å². The second-order valence-electron chi connectivity index (χ2n) is 5.65. The van der Waals surface area contributed by atoms with Crippen LogP contribution in [0.5, 0.6) is 0 Å². The zero-order chi connectivity index (χ0) is 12.8. The van der Waals surface area contributed by atoms with Crippen molar-refractivity contribution in [2.24, 2.45) is 11.8 Å². The number of thiophene rings is 1. The van der Waals surface area contributed by atoms with Crippen molar-refractivity contribution in [1.29, 1.82) is 5.26 Å². The third-order valence-corrected chi connectivity index (χ3v) is 5.66. The fourth-order valence-corrected chi connectivity index (χ4v) is 4.74. The average molecular weight is 262 g/mol. The summed E-state index contributed by atoms with van der Waals surface area (Å²) in [5.41, 5.74) is -0.690. The standard InChI is InChI=1S/C14H18N2OS/c1-16-8-10-3-2-4-11(9-16)14(10,17)13-6-5-12(7-15)18-13/h5-6,10-11,17H,2-4,8-9H2,1H3/t10-,11+,14?. The molecule has 18 heavy (non-hydrogen) atoms. The van der Waals surface area contributed by atoms with Crippen molar-refractivity contribution in [1.82, 2.24) is 4.90 Å². The SMILES string of the molecule is CN1C[C@H]2CCC[C@@H](C1)C2(O)c1ccc(C#N)s1. The number of piperidine rings is 1. The summed E-state index contributed by atoms with van der Waals surface area (Å²) in [6.45, 7) is 1.93. The van der Waals surface area contributed by atoms with Gasteiger partial charge in [0, 0.05) is 29.8 Å². The summed E-state index contributed by atoms with van der Waals surface area (Å²) in [4.78, 5) is 4.04. The monoisotopic (exact) mass is 262 g/mol. The van der Waals surface area contributed by atoms with Crippen LogP contribution in [0.2, 0.25) is 0 Å². The Labute approximate surface area is 112 Å². The van der Waals surface area contributed by atoms with E-state index in [1.54, 1.807) is 0 Å². The Bertz CT molecular complexity index is 476. The minimum Gasteiger partial charge on any atom is -0.384 e. The van der Waals surface area contributed by atoms with E-state index in [0.717, 1.165) is 30.8 Å². The van der Waals surface area contributed by atoms with Gasteiger partial charge in [-0.15, -0.1) is 11.3 Å². The summed E-state index contributed by atoms with van der Waals surface area (Å²) in [7, 11) is 2.14. The summed E-state index contributed by atoms with van der Waals surface area (Å²) >= 11 is 1.47. The number of hydrogen-bond donors (Lipinski definition) is 1. The van der Waals surface area contributed by atoms with Gasteiger partial charge in [0.05, 0.1) is 0 Å². The molecule has 2 aliphatic rings. The predicted molar refractivity (Wildman–Crippen MR) is 71.3 cm³/mol. The van der Waals surface area contributed by atoms with Crippen molar-refractivity contribution in [3.8, 4) is 6.07 Å². The lowest BCUT2D eigenvalue weighted by Gasteiger charge is -2.52. The van der Waals surface area contributed by atoms with Crippen molar-refractivity contribution < 1.29 is 5.11 Å². The normalized spacial score (nSPS) is 36.3. The molecule has 2 heterocycles. The van der Waals surface area contributed by atoms with E-state index in [9.17, 15) is 5.11 Å². The number of fused-ring (bicyclic) bond motifs is 2. The van der Waals surface area contributed by atoms with Gasteiger partial charge < -0.3 is 10.0 Å². The number of nitrogens with zero attached hydrogens (tertiary/aromatic N) is 2. The minimum atomic E-state index is -0.690. The molecular formula is C14H18N2OS. The molecule has 0 aromatic carbocycles. The van der Waals surface area contributed by atoms with Crippen molar-refractivity contribution in [3.05, 3.63) is 21.9 Å². The van der Waals surface area contributed by atoms with E-state index >= 15 is 0 Å². The van der Waals surface area contributed by atoms with Crippen LogP contribution in [0.1, 0.15) is 29.0 Å². The molecule has 0 radical (unpaired) electrons. The Morgan fingerprint density at radius 1 is 1.39 bits per heavy atom. The maximum atomic E-state index is 11.2. The van der Waals surface area contributed by atoms with E-state index in [4.69, 9.17) is 5.26 Å². The second kappa shape index (κ2) is 4.34. The summed E-state index contributed by atoms with van der Waals surface area (Å²) < 4.78 is 0. The topological polar surface area (TPSA) is 47.3 Å². The van der Waals surface area contributed by atoms with Crippen LogP contribution in [0, 0.1) is 23.2 Å². The molecule has 1 aromatic rings. The maximum absolute atomic E-state index is 11.2. The van der Waals surface area contributed by atoms with Crippen LogP contribution in [-0.2, 0) is 5.60 Å².